The van der Waals surface area contributed by atoms with E-state index in [2.05, 4.69) is 41.1 Å². The predicted octanol–water partition coefficient (Wildman–Crippen LogP) is 2.89. The molecule has 1 N–H and O–H groups in total. The molecule has 0 radical (unpaired) electrons. The van der Waals surface area contributed by atoms with Crippen LogP contribution in [-0.2, 0) is 10.3 Å². The molecule has 2 aromatic heterocycles. The molecule has 1 aliphatic rings. The van der Waals surface area contributed by atoms with Crippen LogP contribution in [0.4, 0.5) is 0 Å². The molecule has 122 valence electrons. The van der Waals surface area contributed by atoms with Crippen molar-refractivity contribution in [3.05, 3.63) is 46.4 Å². The number of hydrogen-bond acceptors (Lipinski definition) is 4. The van der Waals surface area contributed by atoms with Gasteiger partial charge in [0.1, 0.15) is 11.3 Å². The molecule has 1 unspecified atom stereocenters. The van der Waals surface area contributed by atoms with E-state index in [9.17, 15) is 4.79 Å². The first-order chi connectivity index (χ1) is 11.1. The summed E-state index contributed by atoms with van der Waals surface area (Å²) in [7, 11) is 0. The Balaban J connectivity index is 2.12. The third-order valence-electron chi connectivity index (χ3n) is 4.11. The van der Waals surface area contributed by atoms with Gasteiger partial charge in [0.25, 0.3) is 5.56 Å². The van der Waals surface area contributed by atoms with Crippen LogP contribution in [0, 0.1) is 0 Å². The van der Waals surface area contributed by atoms with Gasteiger partial charge in [0.15, 0.2) is 5.52 Å². The molecule has 0 aromatic carbocycles. The number of nitrogens with zero attached hydrogens (tertiary/aromatic N) is 3. The molecule has 0 fully saturated rings. The van der Waals surface area contributed by atoms with Crippen molar-refractivity contribution in [2.24, 2.45) is 0 Å². The van der Waals surface area contributed by atoms with Crippen molar-refractivity contribution in [1.29, 1.82) is 0 Å². The van der Waals surface area contributed by atoms with Crippen LogP contribution in [-0.4, -0.2) is 26.4 Å². The van der Waals surface area contributed by atoms with E-state index in [-0.39, 0.29) is 5.56 Å². The summed E-state index contributed by atoms with van der Waals surface area (Å²) in [5.41, 5.74) is 1.80. The average Bonchev–Trinajstić information content (AvgIpc) is 2.94. The zero-order chi connectivity index (χ0) is 16.4. The lowest BCUT2D eigenvalue weighted by Crippen LogP contribution is -2.33. The van der Waals surface area contributed by atoms with Gasteiger partial charge in [-0.3, -0.25) is 4.79 Å². The van der Waals surface area contributed by atoms with Crippen molar-refractivity contribution < 1.29 is 4.74 Å². The minimum atomic E-state index is -0.443. The second kappa shape index (κ2) is 6.02. The molecule has 3 rings (SSSR count). The van der Waals surface area contributed by atoms with E-state index in [1.165, 1.54) is 11.9 Å². The summed E-state index contributed by atoms with van der Waals surface area (Å²) in [6.07, 6.45) is 10.1. The zero-order valence-electron chi connectivity index (χ0n) is 13.8. The van der Waals surface area contributed by atoms with E-state index in [0.29, 0.717) is 17.6 Å². The standard InChI is InChI=1S/C17H22N4O2/c1-4-6-12-7-13(23-5-2)9-17(3,8-12)21-15-14(10-20-21)18-11-19-16(15)22/h7,9-11H,4-6,8H2,1-3H3,(H,18,19,22). The number of fused-ring (bicyclic) bond motifs is 1. The maximum absolute atomic E-state index is 12.2. The van der Waals surface area contributed by atoms with Crippen molar-refractivity contribution in [3.63, 3.8) is 0 Å². The van der Waals surface area contributed by atoms with Crippen LogP contribution in [0.3, 0.4) is 0 Å². The largest absolute Gasteiger partial charge is 0.494 e. The topological polar surface area (TPSA) is 72.8 Å². The van der Waals surface area contributed by atoms with Crippen LogP contribution in [0.2, 0.25) is 0 Å². The van der Waals surface area contributed by atoms with Crippen LogP contribution in [0.1, 0.15) is 40.0 Å². The van der Waals surface area contributed by atoms with E-state index in [4.69, 9.17) is 4.74 Å². The molecular weight excluding hydrogens is 292 g/mol. The lowest BCUT2D eigenvalue weighted by molar-refractivity contribution is 0.227. The maximum Gasteiger partial charge on any atom is 0.276 e. The van der Waals surface area contributed by atoms with Crippen molar-refractivity contribution in [1.82, 2.24) is 19.7 Å². The number of aromatic amines is 1. The summed E-state index contributed by atoms with van der Waals surface area (Å²) in [5.74, 6) is 0.841. The van der Waals surface area contributed by atoms with Gasteiger partial charge in [-0.2, -0.15) is 5.10 Å². The van der Waals surface area contributed by atoms with Crippen LogP contribution < -0.4 is 5.56 Å². The van der Waals surface area contributed by atoms with Crippen molar-refractivity contribution in [2.45, 2.75) is 45.6 Å². The summed E-state index contributed by atoms with van der Waals surface area (Å²) in [4.78, 5) is 19.1. The molecule has 0 amide bonds. The van der Waals surface area contributed by atoms with Gasteiger partial charge in [-0.1, -0.05) is 18.9 Å². The molecule has 0 aliphatic heterocycles. The number of rotatable bonds is 5. The van der Waals surface area contributed by atoms with Gasteiger partial charge in [-0.25, -0.2) is 9.67 Å². The van der Waals surface area contributed by atoms with Gasteiger partial charge in [-0.05, 0) is 38.8 Å². The molecule has 2 heterocycles. The second-order valence-electron chi connectivity index (χ2n) is 6.09. The lowest BCUT2D eigenvalue weighted by atomic mass is 9.85. The van der Waals surface area contributed by atoms with Crippen LogP contribution in [0.5, 0.6) is 0 Å². The maximum atomic E-state index is 12.2. The summed E-state index contributed by atoms with van der Waals surface area (Å²) < 4.78 is 7.51. The Bertz CT molecular complexity index is 830. The molecule has 23 heavy (non-hydrogen) atoms. The summed E-state index contributed by atoms with van der Waals surface area (Å²) in [6.45, 7) is 6.82. The predicted molar refractivity (Wildman–Crippen MR) is 89.1 cm³/mol. The van der Waals surface area contributed by atoms with E-state index in [0.717, 1.165) is 25.0 Å². The lowest BCUT2D eigenvalue weighted by Gasteiger charge is -2.32. The fraction of sp³-hybridized carbons (Fsp3) is 0.471. The monoisotopic (exact) mass is 314 g/mol. The highest BCUT2D eigenvalue weighted by atomic mass is 16.5. The summed E-state index contributed by atoms with van der Waals surface area (Å²) >= 11 is 0. The second-order valence-corrected chi connectivity index (χ2v) is 6.09. The first-order valence-electron chi connectivity index (χ1n) is 8.04. The third-order valence-corrected chi connectivity index (χ3v) is 4.11. The molecular formula is C17H22N4O2. The number of ether oxygens (including phenoxy) is 1. The van der Waals surface area contributed by atoms with Crippen molar-refractivity contribution >= 4 is 11.0 Å². The van der Waals surface area contributed by atoms with Crippen LogP contribution in [0.15, 0.2) is 40.8 Å². The number of allylic oxidation sites excluding steroid dienone is 3. The Morgan fingerprint density at radius 1 is 1.43 bits per heavy atom. The molecule has 1 aliphatic carbocycles. The van der Waals surface area contributed by atoms with E-state index in [1.807, 2.05) is 6.92 Å². The minimum Gasteiger partial charge on any atom is -0.494 e. The first kappa shape index (κ1) is 15.5. The highest BCUT2D eigenvalue weighted by molar-refractivity contribution is 5.73. The molecule has 0 saturated carbocycles. The van der Waals surface area contributed by atoms with Gasteiger partial charge in [0.05, 0.1) is 24.7 Å². The average molecular weight is 314 g/mol. The SMILES string of the molecule is CCCC1=CC(OCC)=CC(C)(n2ncc3nc[nH]c(=O)c32)C1. The Labute approximate surface area is 134 Å². The number of aromatic nitrogens is 4. The molecule has 0 bridgehead atoms. The van der Waals surface area contributed by atoms with Crippen molar-refractivity contribution in [2.75, 3.05) is 6.61 Å². The molecule has 6 nitrogen and oxygen atoms in total. The third kappa shape index (κ3) is 2.81. The Morgan fingerprint density at radius 3 is 3.00 bits per heavy atom. The molecule has 0 spiro atoms. The molecule has 1 atom stereocenters. The first-order valence-corrected chi connectivity index (χ1v) is 8.04. The highest BCUT2D eigenvalue weighted by Gasteiger charge is 2.32. The molecule has 6 heteroatoms. The Hall–Kier alpha value is -2.37. The quantitative estimate of drug-likeness (QED) is 0.921. The Morgan fingerprint density at radius 2 is 2.26 bits per heavy atom. The summed E-state index contributed by atoms with van der Waals surface area (Å²) in [6, 6.07) is 0. The van der Waals surface area contributed by atoms with Gasteiger partial charge >= 0.3 is 0 Å². The van der Waals surface area contributed by atoms with Gasteiger partial charge in [-0.15, -0.1) is 0 Å². The van der Waals surface area contributed by atoms with Crippen LogP contribution >= 0.6 is 0 Å². The van der Waals surface area contributed by atoms with Crippen LogP contribution in [0.25, 0.3) is 11.0 Å². The normalized spacial score (nSPS) is 21.2. The van der Waals surface area contributed by atoms with E-state index in [1.54, 1.807) is 10.9 Å². The van der Waals surface area contributed by atoms with Crippen molar-refractivity contribution in [3.8, 4) is 0 Å². The zero-order valence-corrected chi connectivity index (χ0v) is 13.8. The smallest absolute Gasteiger partial charge is 0.276 e. The van der Waals surface area contributed by atoms with E-state index < -0.39 is 5.54 Å². The summed E-state index contributed by atoms with van der Waals surface area (Å²) in [5, 5.41) is 4.45. The Kier molecular flexibility index (Phi) is 4.07. The van der Waals surface area contributed by atoms with E-state index >= 15 is 0 Å². The van der Waals surface area contributed by atoms with Gasteiger partial charge < -0.3 is 9.72 Å². The number of nitrogens with one attached hydrogen (secondary N) is 1. The number of hydrogen-bond donors (Lipinski definition) is 1. The molecule has 0 saturated heterocycles. The minimum absolute atomic E-state index is 0.174. The highest BCUT2D eigenvalue weighted by Crippen LogP contribution is 2.35. The molecule has 2 aromatic rings. The fourth-order valence-corrected chi connectivity index (χ4v) is 3.24. The van der Waals surface area contributed by atoms with Gasteiger partial charge in [0, 0.05) is 0 Å². The fourth-order valence-electron chi connectivity index (χ4n) is 3.24. The number of H-pyrrole nitrogens is 1. The van der Waals surface area contributed by atoms with Gasteiger partial charge in [0.2, 0.25) is 0 Å².